The van der Waals surface area contributed by atoms with Crippen molar-refractivity contribution in [1.82, 2.24) is 0 Å². The van der Waals surface area contributed by atoms with Gasteiger partial charge in [-0.25, -0.2) is 4.79 Å². The number of esters is 1. The molecule has 4 heteroatoms. The maximum atomic E-state index is 11.6. The second-order valence-electron chi connectivity index (χ2n) is 4.69. The zero-order valence-corrected chi connectivity index (χ0v) is 11.5. The van der Waals surface area contributed by atoms with Crippen LogP contribution >= 0.6 is 0 Å². The molecule has 108 valence electrons. The summed E-state index contributed by atoms with van der Waals surface area (Å²) in [4.78, 5) is 11.6. The van der Waals surface area contributed by atoms with Gasteiger partial charge < -0.3 is 14.2 Å². The second kappa shape index (κ2) is 7.82. The summed E-state index contributed by atoms with van der Waals surface area (Å²) in [5, 5.41) is 0. The minimum Gasteiger partial charge on any atom is -0.458 e. The molecule has 0 aromatic heterocycles. The Labute approximate surface area is 119 Å². The van der Waals surface area contributed by atoms with Crippen LogP contribution in [0.5, 0.6) is 0 Å². The molecule has 0 aliphatic carbocycles. The summed E-state index contributed by atoms with van der Waals surface area (Å²) in [6.07, 6.45) is 4.66. The van der Waals surface area contributed by atoms with E-state index >= 15 is 0 Å². The van der Waals surface area contributed by atoms with Gasteiger partial charge in [0, 0.05) is 6.61 Å². The quantitative estimate of drug-likeness (QED) is 0.591. The first kappa shape index (κ1) is 14.8. The predicted molar refractivity (Wildman–Crippen MR) is 75.3 cm³/mol. The van der Waals surface area contributed by atoms with Crippen LogP contribution in [-0.4, -0.2) is 25.5 Å². The van der Waals surface area contributed by atoms with E-state index in [0.717, 1.165) is 31.4 Å². The normalized spacial score (nSPS) is 18.5. The van der Waals surface area contributed by atoms with Crippen molar-refractivity contribution in [3.8, 4) is 0 Å². The Balaban J connectivity index is 1.81. The third-order valence-corrected chi connectivity index (χ3v) is 3.10. The van der Waals surface area contributed by atoms with E-state index in [0.29, 0.717) is 12.2 Å². The lowest BCUT2D eigenvalue weighted by Crippen LogP contribution is -2.22. The zero-order chi connectivity index (χ0) is 14.2. The van der Waals surface area contributed by atoms with Gasteiger partial charge in [0.15, 0.2) is 6.29 Å². The van der Waals surface area contributed by atoms with Crippen LogP contribution in [0.2, 0.25) is 0 Å². The summed E-state index contributed by atoms with van der Waals surface area (Å²) in [7, 11) is 0. The Bertz CT molecular complexity index is 432. The van der Waals surface area contributed by atoms with Crippen LogP contribution in [-0.2, 0) is 20.8 Å². The molecular formula is C16H20O4. The standard InChI is InChI=1S/C16H20O4/c1-2-10-19-16(17)14-8-6-13(7-9-14)12-20-15-5-3-4-11-18-15/h2,6-9,15H,1,3-5,10-12H2. The summed E-state index contributed by atoms with van der Waals surface area (Å²) in [5.74, 6) is -0.340. The van der Waals surface area contributed by atoms with Gasteiger partial charge in [0.25, 0.3) is 0 Å². The van der Waals surface area contributed by atoms with E-state index in [1.807, 2.05) is 12.1 Å². The van der Waals surface area contributed by atoms with Gasteiger partial charge in [-0.15, -0.1) is 0 Å². The van der Waals surface area contributed by atoms with Crippen LogP contribution < -0.4 is 0 Å². The van der Waals surface area contributed by atoms with Crippen LogP contribution in [0.25, 0.3) is 0 Å². The first-order valence-electron chi connectivity index (χ1n) is 6.90. The highest BCUT2D eigenvalue weighted by atomic mass is 16.7. The van der Waals surface area contributed by atoms with E-state index in [1.54, 1.807) is 18.2 Å². The van der Waals surface area contributed by atoms with Crippen LogP contribution in [0.3, 0.4) is 0 Å². The van der Waals surface area contributed by atoms with Gasteiger partial charge in [0.1, 0.15) is 6.61 Å². The molecule has 1 aliphatic heterocycles. The molecule has 0 bridgehead atoms. The molecule has 1 aromatic rings. The van der Waals surface area contributed by atoms with E-state index < -0.39 is 0 Å². The lowest BCUT2D eigenvalue weighted by atomic mass is 10.1. The van der Waals surface area contributed by atoms with Crippen molar-refractivity contribution in [2.45, 2.75) is 32.2 Å². The number of carbonyl (C=O) groups excluding carboxylic acids is 1. The molecule has 0 saturated carbocycles. The zero-order valence-electron chi connectivity index (χ0n) is 11.5. The molecule has 4 nitrogen and oxygen atoms in total. The fraction of sp³-hybridized carbons (Fsp3) is 0.438. The minimum absolute atomic E-state index is 0.0963. The first-order chi connectivity index (χ1) is 9.79. The van der Waals surface area contributed by atoms with Gasteiger partial charge in [0.05, 0.1) is 12.2 Å². The Hall–Kier alpha value is -1.65. The van der Waals surface area contributed by atoms with Crippen molar-refractivity contribution in [1.29, 1.82) is 0 Å². The van der Waals surface area contributed by atoms with E-state index in [9.17, 15) is 4.79 Å². The molecule has 1 saturated heterocycles. The summed E-state index contributed by atoms with van der Waals surface area (Å²) in [6, 6.07) is 7.22. The first-order valence-corrected chi connectivity index (χ1v) is 6.90. The number of hydrogen-bond acceptors (Lipinski definition) is 4. The molecule has 1 fully saturated rings. The van der Waals surface area contributed by atoms with Crippen molar-refractivity contribution in [3.05, 3.63) is 48.0 Å². The third kappa shape index (κ3) is 4.47. The van der Waals surface area contributed by atoms with Crippen molar-refractivity contribution >= 4 is 5.97 Å². The minimum atomic E-state index is -0.340. The maximum Gasteiger partial charge on any atom is 0.338 e. The van der Waals surface area contributed by atoms with Crippen LogP contribution in [0, 0.1) is 0 Å². The topological polar surface area (TPSA) is 44.8 Å². The highest BCUT2D eigenvalue weighted by molar-refractivity contribution is 5.89. The fourth-order valence-corrected chi connectivity index (χ4v) is 1.99. The van der Waals surface area contributed by atoms with Crippen LogP contribution in [0.4, 0.5) is 0 Å². The average molecular weight is 276 g/mol. The molecular weight excluding hydrogens is 256 g/mol. The monoisotopic (exact) mass is 276 g/mol. The Kier molecular flexibility index (Phi) is 5.77. The van der Waals surface area contributed by atoms with Gasteiger partial charge in [-0.1, -0.05) is 24.8 Å². The molecule has 1 aliphatic rings. The number of ether oxygens (including phenoxy) is 3. The molecule has 1 heterocycles. The van der Waals surface area contributed by atoms with Crippen molar-refractivity contribution in [2.75, 3.05) is 13.2 Å². The molecule has 20 heavy (non-hydrogen) atoms. The van der Waals surface area contributed by atoms with Gasteiger partial charge in [-0.05, 0) is 37.0 Å². The fourth-order valence-electron chi connectivity index (χ4n) is 1.99. The molecule has 0 radical (unpaired) electrons. The van der Waals surface area contributed by atoms with Crippen molar-refractivity contribution < 1.29 is 19.0 Å². The average Bonchev–Trinajstić information content (AvgIpc) is 2.52. The molecule has 1 unspecified atom stereocenters. The third-order valence-electron chi connectivity index (χ3n) is 3.10. The smallest absolute Gasteiger partial charge is 0.338 e. The summed E-state index contributed by atoms with van der Waals surface area (Å²) >= 11 is 0. The molecule has 0 amide bonds. The Morgan fingerprint density at radius 2 is 2.15 bits per heavy atom. The molecule has 0 spiro atoms. The molecule has 2 rings (SSSR count). The van der Waals surface area contributed by atoms with Gasteiger partial charge >= 0.3 is 5.97 Å². The summed E-state index contributed by atoms with van der Waals surface area (Å²) in [5.41, 5.74) is 1.55. The number of hydrogen-bond donors (Lipinski definition) is 0. The largest absolute Gasteiger partial charge is 0.458 e. The predicted octanol–water partition coefficient (Wildman–Crippen LogP) is 3.07. The molecule has 1 atom stereocenters. The second-order valence-corrected chi connectivity index (χ2v) is 4.69. The lowest BCUT2D eigenvalue weighted by molar-refractivity contribution is -0.168. The van der Waals surface area contributed by atoms with E-state index in [2.05, 4.69) is 6.58 Å². The van der Waals surface area contributed by atoms with Gasteiger partial charge in [-0.2, -0.15) is 0 Å². The Morgan fingerprint density at radius 3 is 2.80 bits per heavy atom. The summed E-state index contributed by atoms with van der Waals surface area (Å²) < 4.78 is 16.1. The van der Waals surface area contributed by atoms with Crippen LogP contribution in [0.1, 0.15) is 35.2 Å². The number of carbonyl (C=O) groups is 1. The van der Waals surface area contributed by atoms with E-state index in [1.165, 1.54) is 0 Å². The van der Waals surface area contributed by atoms with E-state index in [4.69, 9.17) is 14.2 Å². The highest BCUT2D eigenvalue weighted by Crippen LogP contribution is 2.16. The molecule has 1 aromatic carbocycles. The van der Waals surface area contributed by atoms with Crippen molar-refractivity contribution in [3.63, 3.8) is 0 Å². The van der Waals surface area contributed by atoms with Gasteiger partial charge in [0.2, 0.25) is 0 Å². The van der Waals surface area contributed by atoms with E-state index in [-0.39, 0.29) is 18.9 Å². The van der Waals surface area contributed by atoms with Gasteiger partial charge in [-0.3, -0.25) is 0 Å². The summed E-state index contributed by atoms with van der Waals surface area (Å²) in [6.45, 7) is 5.00. The number of benzene rings is 1. The maximum absolute atomic E-state index is 11.6. The molecule has 0 N–H and O–H groups in total. The highest BCUT2D eigenvalue weighted by Gasteiger charge is 2.14. The Morgan fingerprint density at radius 1 is 1.35 bits per heavy atom. The SMILES string of the molecule is C=CCOC(=O)c1ccc(COC2CCCCO2)cc1. The lowest BCUT2D eigenvalue weighted by Gasteiger charge is -2.22. The van der Waals surface area contributed by atoms with Crippen molar-refractivity contribution in [2.24, 2.45) is 0 Å². The number of rotatable bonds is 6. The van der Waals surface area contributed by atoms with Crippen LogP contribution in [0.15, 0.2) is 36.9 Å².